The average Bonchev–Trinajstić information content (AvgIpc) is 3.18. The van der Waals surface area contributed by atoms with Crippen molar-refractivity contribution in [2.75, 3.05) is 11.1 Å². The number of carbonyl (C=O) groups is 1. The van der Waals surface area contributed by atoms with Crippen molar-refractivity contribution >= 4 is 23.6 Å². The minimum atomic E-state index is -0.247. The Morgan fingerprint density at radius 2 is 1.66 bits per heavy atom. The van der Waals surface area contributed by atoms with Crippen LogP contribution in [0.1, 0.15) is 0 Å². The van der Waals surface area contributed by atoms with Crippen LogP contribution in [0.4, 0.5) is 5.88 Å². The molecular formula is C20H17N6O2S+. The Bertz CT molecular complexity index is 1120. The van der Waals surface area contributed by atoms with E-state index in [1.807, 2.05) is 60.7 Å². The molecule has 0 saturated heterocycles. The smallest absolute Gasteiger partial charge is 0.288 e. The number of anilines is 1. The van der Waals surface area contributed by atoms with Gasteiger partial charge in [-0.1, -0.05) is 77.1 Å². The number of aryl methyl sites for hydroxylation is 1. The maximum atomic E-state index is 12.1. The second kappa shape index (κ2) is 8.61. The summed E-state index contributed by atoms with van der Waals surface area (Å²) in [6.07, 6.45) is 1.57. The molecule has 0 bridgehead atoms. The van der Waals surface area contributed by atoms with Gasteiger partial charge in [0, 0.05) is 11.1 Å². The number of benzene rings is 2. The zero-order valence-electron chi connectivity index (χ0n) is 15.5. The summed E-state index contributed by atoms with van der Waals surface area (Å²) < 4.78 is 6.42. The van der Waals surface area contributed by atoms with Crippen molar-refractivity contribution in [3.05, 3.63) is 66.9 Å². The average molecular weight is 405 g/mol. The normalized spacial score (nSPS) is 10.7. The van der Waals surface area contributed by atoms with Crippen molar-refractivity contribution in [1.29, 1.82) is 0 Å². The van der Waals surface area contributed by atoms with E-state index in [0.717, 1.165) is 16.8 Å². The Morgan fingerprint density at radius 3 is 2.28 bits per heavy atom. The SMILES string of the molecule is C[n+]1cc(NC(=O)CSc2nnc(-c3ccccc3)c(-c3ccccc3)n2)on1. The van der Waals surface area contributed by atoms with E-state index in [1.54, 1.807) is 13.2 Å². The molecule has 8 nitrogen and oxygen atoms in total. The van der Waals surface area contributed by atoms with Crippen LogP contribution in [0.15, 0.2) is 76.5 Å². The van der Waals surface area contributed by atoms with Gasteiger partial charge in [-0.2, -0.15) is 0 Å². The van der Waals surface area contributed by atoms with Crippen LogP contribution in [0, 0.1) is 0 Å². The van der Waals surface area contributed by atoms with E-state index in [0.29, 0.717) is 10.9 Å². The van der Waals surface area contributed by atoms with E-state index in [4.69, 9.17) is 4.52 Å². The zero-order chi connectivity index (χ0) is 20.1. The van der Waals surface area contributed by atoms with Crippen LogP contribution in [-0.4, -0.2) is 32.1 Å². The van der Waals surface area contributed by atoms with Crippen LogP contribution in [0.3, 0.4) is 0 Å². The van der Waals surface area contributed by atoms with Gasteiger partial charge in [-0.15, -0.1) is 10.2 Å². The molecule has 9 heteroatoms. The maximum absolute atomic E-state index is 12.1. The lowest BCUT2D eigenvalue weighted by Crippen LogP contribution is -2.28. The molecule has 2 aromatic carbocycles. The fourth-order valence-corrected chi connectivity index (χ4v) is 3.23. The lowest BCUT2D eigenvalue weighted by molar-refractivity contribution is -0.739. The van der Waals surface area contributed by atoms with Crippen LogP contribution in [0.5, 0.6) is 0 Å². The van der Waals surface area contributed by atoms with E-state index in [2.05, 4.69) is 25.8 Å². The first-order valence-electron chi connectivity index (χ1n) is 8.80. The van der Waals surface area contributed by atoms with Gasteiger partial charge >= 0.3 is 5.88 Å². The number of hydrogen-bond donors (Lipinski definition) is 1. The molecule has 1 N–H and O–H groups in total. The van der Waals surface area contributed by atoms with Crippen LogP contribution in [0.25, 0.3) is 22.5 Å². The molecule has 4 rings (SSSR count). The zero-order valence-corrected chi connectivity index (χ0v) is 16.3. The van der Waals surface area contributed by atoms with Gasteiger partial charge in [0.15, 0.2) is 12.3 Å². The number of carbonyl (C=O) groups excluding carboxylic acids is 1. The number of nitrogens with one attached hydrogen (secondary N) is 1. The maximum Gasteiger partial charge on any atom is 0.302 e. The first-order chi connectivity index (χ1) is 14.2. The Morgan fingerprint density at radius 1 is 1.00 bits per heavy atom. The van der Waals surface area contributed by atoms with Gasteiger partial charge in [0.2, 0.25) is 11.1 Å². The highest BCUT2D eigenvalue weighted by molar-refractivity contribution is 7.99. The molecule has 0 aliphatic rings. The molecule has 0 atom stereocenters. The van der Waals surface area contributed by atoms with Crippen LogP contribution in [0.2, 0.25) is 0 Å². The van der Waals surface area contributed by atoms with Crippen molar-refractivity contribution in [2.24, 2.45) is 7.05 Å². The predicted octanol–water partition coefficient (Wildman–Crippen LogP) is 2.75. The predicted molar refractivity (Wildman–Crippen MR) is 108 cm³/mol. The molecule has 2 aromatic heterocycles. The van der Waals surface area contributed by atoms with Crippen molar-refractivity contribution in [3.63, 3.8) is 0 Å². The van der Waals surface area contributed by atoms with Crippen molar-refractivity contribution in [3.8, 4) is 22.5 Å². The van der Waals surface area contributed by atoms with Crippen LogP contribution >= 0.6 is 11.8 Å². The third-order valence-electron chi connectivity index (χ3n) is 3.93. The number of thioether (sulfide) groups is 1. The first-order valence-corrected chi connectivity index (χ1v) is 9.78. The molecular weight excluding hydrogens is 388 g/mol. The summed E-state index contributed by atoms with van der Waals surface area (Å²) in [7, 11) is 1.70. The topological polar surface area (TPSA) is 97.7 Å². The summed E-state index contributed by atoms with van der Waals surface area (Å²) in [6, 6.07) is 19.6. The van der Waals surface area contributed by atoms with Crippen LogP contribution in [-0.2, 0) is 11.8 Å². The molecule has 0 radical (unpaired) electrons. The van der Waals surface area contributed by atoms with Gasteiger partial charge in [0.25, 0.3) is 6.20 Å². The largest absolute Gasteiger partial charge is 0.302 e. The van der Waals surface area contributed by atoms with Gasteiger partial charge in [-0.25, -0.2) is 4.98 Å². The lowest BCUT2D eigenvalue weighted by atomic mass is 10.0. The fourth-order valence-electron chi connectivity index (χ4n) is 2.64. The number of nitrogens with zero attached hydrogens (tertiary/aromatic N) is 5. The lowest BCUT2D eigenvalue weighted by Gasteiger charge is -2.09. The molecule has 0 unspecified atom stereocenters. The molecule has 4 aromatic rings. The van der Waals surface area contributed by atoms with E-state index in [9.17, 15) is 4.79 Å². The summed E-state index contributed by atoms with van der Waals surface area (Å²) in [5, 5.41) is 15.3. The summed E-state index contributed by atoms with van der Waals surface area (Å²) in [4.78, 5) is 16.8. The van der Waals surface area contributed by atoms with E-state index in [1.165, 1.54) is 16.4 Å². The summed E-state index contributed by atoms with van der Waals surface area (Å²) in [6.45, 7) is 0. The molecule has 144 valence electrons. The quantitative estimate of drug-likeness (QED) is 0.389. The van der Waals surface area contributed by atoms with Crippen molar-refractivity contribution < 1.29 is 14.0 Å². The Labute approximate surface area is 171 Å². The minimum absolute atomic E-state index is 0.116. The molecule has 2 heterocycles. The van der Waals surface area contributed by atoms with Crippen molar-refractivity contribution in [1.82, 2.24) is 20.5 Å². The number of rotatable bonds is 6. The number of hydrogen-bond acceptors (Lipinski definition) is 7. The van der Waals surface area contributed by atoms with Gasteiger partial charge < -0.3 is 0 Å². The standard InChI is InChI=1S/C20H16N6O2S/c1-26-12-17(28-25-26)21-16(27)13-29-20-22-18(14-8-4-2-5-9-14)19(23-24-20)15-10-6-3-7-11-15/h2-12H,13H2,1H3/p+1. The highest BCUT2D eigenvalue weighted by Gasteiger charge is 2.16. The number of aromatic nitrogens is 5. The minimum Gasteiger partial charge on any atom is -0.288 e. The Balaban J connectivity index is 1.56. The van der Waals surface area contributed by atoms with E-state index < -0.39 is 0 Å². The van der Waals surface area contributed by atoms with Gasteiger partial charge in [-0.3, -0.25) is 14.6 Å². The summed E-state index contributed by atoms with van der Waals surface area (Å²) in [5.41, 5.74) is 3.28. The highest BCUT2D eigenvalue weighted by atomic mass is 32.2. The first kappa shape index (κ1) is 18.8. The number of amides is 1. The van der Waals surface area contributed by atoms with E-state index >= 15 is 0 Å². The summed E-state index contributed by atoms with van der Waals surface area (Å²) in [5.74, 6) is 0.149. The molecule has 0 spiro atoms. The van der Waals surface area contributed by atoms with Gasteiger partial charge in [0.05, 0.1) is 5.75 Å². The molecule has 0 aliphatic carbocycles. The molecule has 0 saturated carbocycles. The van der Waals surface area contributed by atoms with E-state index in [-0.39, 0.29) is 17.5 Å². The molecule has 0 fully saturated rings. The Kier molecular flexibility index (Phi) is 5.57. The molecule has 29 heavy (non-hydrogen) atoms. The van der Waals surface area contributed by atoms with Gasteiger partial charge in [0.1, 0.15) is 11.4 Å². The summed E-state index contributed by atoms with van der Waals surface area (Å²) >= 11 is 1.20. The third-order valence-corrected chi connectivity index (χ3v) is 4.77. The third kappa shape index (κ3) is 4.64. The van der Waals surface area contributed by atoms with Crippen LogP contribution < -0.4 is 10.00 Å². The van der Waals surface area contributed by atoms with Crippen molar-refractivity contribution in [2.45, 2.75) is 5.16 Å². The second-order valence-corrected chi connectivity index (χ2v) is 7.04. The second-order valence-electron chi connectivity index (χ2n) is 6.10. The fraction of sp³-hybridized carbons (Fsp3) is 0.100. The molecule has 1 amide bonds. The monoisotopic (exact) mass is 405 g/mol. The highest BCUT2D eigenvalue weighted by Crippen LogP contribution is 2.29. The molecule has 0 aliphatic heterocycles. The van der Waals surface area contributed by atoms with Gasteiger partial charge in [-0.05, 0) is 0 Å². The Hall–Kier alpha value is -3.59.